The molecule has 0 saturated heterocycles. The van der Waals surface area contributed by atoms with E-state index in [1.807, 2.05) is 0 Å². The van der Waals surface area contributed by atoms with Gasteiger partial charge in [0.25, 0.3) is 0 Å². The van der Waals surface area contributed by atoms with Crippen molar-refractivity contribution in [1.82, 2.24) is 10.1 Å². The van der Waals surface area contributed by atoms with Gasteiger partial charge in [-0.2, -0.15) is 0 Å². The maximum Gasteiger partial charge on any atom is 0.170 e. The van der Waals surface area contributed by atoms with E-state index in [0.29, 0.717) is 0 Å². The fourth-order valence-corrected chi connectivity index (χ4v) is 3.17. The Kier molecular flexibility index (Phi) is 3.17. The second-order valence-corrected chi connectivity index (χ2v) is 8.20. The van der Waals surface area contributed by atoms with E-state index in [0.717, 1.165) is 30.8 Å². The predicted molar refractivity (Wildman–Crippen MR) is 86.6 cm³/mol. The highest BCUT2D eigenvalue weighted by molar-refractivity contribution is 5.84. The molecule has 0 spiro atoms. The van der Waals surface area contributed by atoms with Crippen molar-refractivity contribution in [3.8, 4) is 0 Å². The molecule has 0 unspecified atom stereocenters. The van der Waals surface area contributed by atoms with Crippen LogP contribution in [-0.2, 0) is 18.4 Å². The van der Waals surface area contributed by atoms with Crippen molar-refractivity contribution in [3.05, 3.63) is 29.0 Å². The quantitative estimate of drug-likeness (QED) is 0.724. The number of hydrogen-bond acceptors (Lipinski definition) is 3. The van der Waals surface area contributed by atoms with Gasteiger partial charge in [0.1, 0.15) is 0 Å². The number of nitrogens with zero attached hydrogens (tertiary/aromatic N) is 2. The van der Waals surface area contributed by atoms with Crippen LogP contribution in [0.1, 0.15) is 58.4 Å². The lowest BCUT2D eigenvalue weighted by Crippen LogP contribution is -2.44. The van der Waals surface area contributed by atoms with Crippen LogP contribution < -0.4 is 0 Å². The van der Waals surface area contributed by atoms with Crippen LogP contribution in [0, 0.1) is 0 Å². The number of aromatic nitrogens is 1. The van der Waals surface area contributed by atoms with Gasteiger partial charge in [0.15, 0.2) is 5.58 Å². The molecule has 0 fully saturated rings. The Hall–Kier alpha value is -1.35. The summed E-state index contributed by atoms with van der Waals surface area (Å²) in [5, 5.41) is 5.54. The fourth-order valence-electron chi connectivity index (χ4n) is 3.17. The first-order valence-corrected chi connectivity index (χ1v) is 7.83. The van der Waals surface area contributed by atoms with Crippen molar-refractivity contribution in [1.29, 1.82) is 0 Å². The summed E-state index contributed by atoms with van der Waals surface area (Å²) in [5.41, 5.74) is 5.05. The average Bonchev–Trinajstić information content (AvgIpc) is 2.80. The molecule has 2 aromatic rings. The zero-order valence-electron chi connectivity index (χ0n) is 14.1. The lowest BCUT2D eigenvalue weighted by Gasteiger charge is -2.39. The smallest absolute Gasteiger partial charge is 0.170 e. The minimum Gasteiger partial charge on any atom is -0.356 e. The van der Waals surface area contributed by atoms with E-state index in [9.17, 15) is 0 Å². The number of rotatable bonds is 0. The van der Waals surface area contributed by atoms with Crippen molar-refractivity contribution in [2.45, 2.75) is 65.5 Å². The molecule has 2 heterocycles. The van der Waals surface area contributed by atoms with Crippen molar-refractivity contribution in [3.63, 3.8) is 0 Å². The van der Waals surface area contributed by atoms with E-state index in [4.69, 9.17) is 4.52 Å². The van der Waals surface area contributed by atoms with Crippen LogP contribution in [0.3, 0.4) is 0 Å². The third kappa shape index (κ3) is 2.48. The molecular formula is C18H26N2O. The Morgan fingerprint density at radius 2 is 1.81 bits per heavy atom. The van der Waals surface area contributed by atoms with Gasteiger partial charge in [-0.25, -0.2) is 0 Å². The van der Waals surface area contributed by atoms with Crippen LogP contribution in [0.5, 0.6) is 0 Å². The Bertz CT molecular complexity index is 671. The molecule has 21 heavy (non-hydrogen) atoms. The van der Waals surface area contributed by atoms with E-state index in [1.54, 1.807) is 0 Å². The van der Waals surface area contributed by atoms with E-state index in [2.05, 4.69) is 63.7 Å². The lowest BCUT2D eigenvalue weighted by atomic mass is 9.87. The molecule has 1 aromatic carbocycles. The first-order chi connectivity index (χ1) is 9.68. The van der Waals surface area contributed by atoms with Crippen molar-refractivity contribution >= 4 is 11.0 Å². The molecule has 0 N–H and O–H groups in total. The van der Waals surface area contributed by atoms with E-state index < -0.39 is 0 Å². The van der Waals surface area contributed by atoms with Crippen LogP contribution in [-0.4, -0.2) is 22.1 Å². The third-order valence-electron chi connectivity index (χ3n) is 4.49. The highest BCUT2D eigenvalue weighted by Crippen LogP contribution is 2.35. The number of benzene rings is 1. The number of hydrogen-bond donors (Lipinski definition) is 0. The Labute approximate surface area is 127 Å². The Morgan fingerprint density at radius 1 is 1.10 bits per heavy atom. The van der Waals surface area contributed by atoms with E-state index in [-0.39, 0.29) is 11.0 Å². The molecule has 0 amide bonds. The third-order valence-corrected chi connectivity index (χ3v) is 4.49. The first kappa shape index (κ1) is 14.6. The maximum atomic E-state index is 5.73. The molecule has 1 aliphatic rings. The second kappa shape index (κ2) is 4.57. The standard InChI is InChI=1S/C18H26N2O/c1-17(2,3)16-14-8-7-12-11-20(18(4,5)6)10-9-13(12)15(14)21-19-16/h7-8H,9-11H2,1-6H3. The summed E-state index contributed by atoms with van der Waals surface area (Å²) in [7, 11) is 0. The summed E-state index contributed by atoms with van der Waals surface area (Å²) in [6.45, 7) is 15.5. The molecule has 0 saturated carbocycles. The molecule has 3 nitrogen and oxygen atoms in total. The maximum absolute atomic E-state index is 5.73. The summed E-state index contributed by atoms with van der Waals surface area (Å²) < 4.78 is 5.73. The monoisotopic (exact) mass is 286 g/mol. The lowest BCUT2D eigenvalue weighted by molar-refractivity contribution is 0.121. The Morgan fingerprint density at radius 3 is 2.43 bits per heavy atom. The minimum absolute atomic E-state index is 0.0194. The highest BCUT2D eigenvalue weighted by Gasteiger charge is 2.29. The van der Waals surface area contributed by atoms with Crippen LogP contribution in [0.15, 0.2) is 16.7 Å². The van der Waals surface area contributed by atoms with Crippen LogP contribution >= 0.6 is 0 Å². The fraction of sp³-hybridized carbons (Fsp3) is 0.611. The summed E-state index contributed by atoms with van der Waals surface area (Å²) in [4.78, 5) is 2.53. The topological polar surface area (TPSA) is 29.3 Å². The van der Waals surface area contributed by atoms with Gasteiger partial charge in [0.2, 0.25) is 0 Å². The predicted octanol–water partition coefficient (Wildman–Crippen LogP) is 4.28. The zero-order chi connectivity index (χ0) is 15.4. The summed E-state index contributed by atoms with van der Waals surface area (Å²) in [5.74, 6) is 0. The van der Waals surface area contributed by atoms with Crippen molar-refractivity contribution in [2.24, 2.45) is 0 Å². The van der Waals surface area contributed by atoms with Gasteiger partial charge in [-0.15, -0.1) is 0 Å². The van der Waals surface area contributed by atoms with Crippen molar-refractivity contribution < 1.29 is 4.52 Å². The van der Waals surface area contributed by atoms with Gasteiger partial charge < -0.3 is 4.52 Å². The molecule has 1 aliphatic heterocycles. The van der Waals surface area contributed by atoms with Gasteiger partial charge in [0, 0.05) is 35.0 Å². The van der Waals surface area contributed by atoms with Crippen molar-refractivity contribution in [2.75, 3.05) is 6.54 Å². The van der Waals surface area contributed by atoms with Gasteiger partial charge in [-0.05, 0) is 38.8 Å². The highest BCUT2D eigenvalue weighted by atomic mass is 16.5. The van der Waals surface area contributed by atoms with Crippen LogP contribution in [0.4, 0.5) is 0 Å². The molecular weight excluding hydrogens is 260 g/mol. The van der Waals surface area contributed by atoms with Gasteiger partial charge >= 0.3 is 0 Å². The molecule has 0 aliphatic carbocycles. The molecule has 0 radical (unpaired) electrons. The second-order valence-electron chi connectivity index (χ2n) is 8.20. The summed E-state index contributed by atoms with van der Waals surface area (Å²) in [6, 6.07) is 4.46. The minimum atomic E-state index is 0.0194. The Balaban J connectivity index is 2.06. The number of fused-ring (bicyclic) bond motifs is 3. The zero-order valence-corrected chi connectivity index (χ0v) is 14.1. The van der Waals surface area contributed by atoms with Crippen LogP contribution in [0.2, 0.25) is 0 Å². The molecule has 3 rings (SSSR count). The average molecular weight is 286 g/mol. The molecule has 114 valence electrons. The van der Waals surface area contributed by atoms with Gasteiger partial charge in [-0.3, -0.25) is 4.90 Å². The summed E-state index contributed by atoms with van der Waals surface area (Å²) in [6.07, 6.45) is 1.04. The van der Waals surface area contributed by atoms with E-state index >= 15 is 0 Å². The van der Waals surface area contributed by atoms with E-state index in [1.165, 1.54) is 16.5 Å². The van der Waals surface area contributed by atoms with Crippen LogP contribution in [0.25, 0.3) is 11.0 Å². The first-order valence-electron chi connectivity index (χ1n) is 7.83. The summed E-state index contributed by atoms with van der Waals surface area (Å²) >= 11 is 0. The molecule has 3 heteroatoms. The SMILES string of the molecule is CC(C)(C)c1noc2c3c(ccc12)CN(C(C)(C)C)CC3. The molecule has 0 atom stereocenters. The normalized spacial score (nSPS) is 17.2. The van der Waals surface area contributed by atoms with Gasteiger partial charge in [0.05, 0.1) is 5.69 Å². The molecule has 0 bridgehead atoms. The molecule has 1 aromatic heterocycles. The van der Waals surface area contributed by atoms with Gasteiger partial charge in [-0.1, -0.05) is 32.0 Å². The largest absolute Gasteiger partial charge is 0.356 e.